The second-order valence-electron chi connectivity index (χ2n) is 4.75. The highest BCUT2D eigenvalue weighted by Gasteiger charge is 2.44. The first-order valence-electron chi connectivity index (χ1n) is 6.24. The molecule has 19 heavy (non-hydrogen) atoms. The number of nitrogens with zero attached hydrogens (tertiary/aromatic N) is 3. The quantitative estimate of drug-likeness (QED) is 0.908. The van der Waals surface area contributed by atoms with Crippen LogP contribution in [-0.4, -0.2) is 20.9 Å². The van der Waals surface area contributed by atoms with Crippen LogP contribution in [0.3, 0.4) is 0 Å². The fourth-order valence-corrected chi connectivity index (χ4v) is 2.16. The van der Waals surface area contributed by atoms with Crippen molar-refractivity contribution in [2.45, 2.75) is 19.3 Å². The highest BCUT2D eigenvalue weighted by atomic mass is 16.2. The molecule has 96 valence electrons. The van der Waals surface area contributed by atoms with Crippen molar-refractivity contribution in [1.29, 1.82) is 0 Å². The zero-order valence-corrected chi connectivity index (χ0v) is 10.6. The number of pyridine rings is 1. The molecule has 0 unspecified atom stereocenters. The van der Waals surface area contributed by atoms with Crippen LogP contribution >= 0.6 is 0 Å². The summed E-state index contributed by atoms with van der Waals surface area (Å²) in [5.74, 6) is 0.646. The number of aromatic nitrogens is 3. The van der Waals surface area contributed by atoms with Crippen LogP contribution in [0, 0.1) is 12.8 Å². The minimum atomic E-state index is -0.0144. The summed E-state index contributed by atoms with van der Waals surface area (Å²) in [6, 6.07) is 5.70. The first-order valence-corrected chi connectivity index (χ1v) is 6.24. The molecule has 0 aromatic carbocycles. The molecule has 0 bridgehead atoms. The molecule has 0 spiro atoms. The Kier molecular flexibility index (Phi) is 2.95. The molecule has 1 aliphatic carbocycles. The molecule has 2 heterocycles. The van der Waals surface area contributed by atoms with E-state index in [1.165, 1.54) is 0 Å². The molecular weight excluding hydrogens is 240 g/mol. The second-order valence-corrected chi connectivity index (χ2v) is 4.75. The molecule has 2 aromatic rings. The summed E-state index contributed by atoms with van der Waals surface area (Å²) in [6.45, 7) is 1.87. The van der Waals surface area contributed by atoms with Crippen LogP contribution in [0.1, 0.15) is 23.6 Å². The van der Waals surface area contributed by atoms with Crippen molar-refractivity contribution in [3.63, 3.8) is 0 Å². The van der Waals surface area contributed by atoms with Gasteiger partial charge in [-0.1, -0.05) is 6.07 Å². The number of carbonyl (C=O) groups is 1. The minimum absolute atomic E-state index is 0.00770. The van der Waals surface area contributed by atoms with Gasteiger partial charge in [0.1, 0.15) is 0 Å². The maximum absolute atomic E-state index is 12.1. The van der Waals surface area contributed by atoms with E-state index < -0.39 is 0 Å². The highest BCUT2D eigenvalue weighted by Crippen LogP contribution is 2.47. The normalized spacial score (nSPS) is 20.9. The molecule has 2 aromatic heterocycles. The van der Waals surface area contributed by atoms with E-state index in [1.54, 1.807) is 18.5 Å². The molecule has 3 rings (SSSR count). The lowest BCUT2D eigenvalue weighted by atomic mass is 10.1. The lowest BCUT2D eigenvalue weighted by Gasteiger charge is -2.03. The summed E-state index contributed by atoms with van der Waals surface area (Å²) >= 11 is 0. The van der Waals surface area contributed by atoms with E-state index >= 15 is 0 Å². The summed E-state index contributed by atoms with van der Waals surface area (Å²) in [4.78, 5) is 24.3. The average molecular weight is 254 g/mol. The summed E-state index contributed by atoms with van der Waals surface area (Å²) in [5.41, 5.74) is 1.96. The number of carbonyl (C=O) groups excluding carboxylic acids is 1. The van der Waals surface area contributed by atoms with E-state index in [0.717, 1.165) is 17.7 Å². The van der Waals surface area contributed by atoms with Crippen LogP contribution in [0.15, 0.2) is 36.8 Å². The maximum atomic E-state index is 12.1. The van der Waals surface area contributed by atoms with Crippen molar-refractivity contribution >= 4 is 11.9 Å². The number of aryl methyl sites for hydroxylation is 1. The zero-order valence-electron chi connectivity index (χ0n) is 10.6. The predicted octanol–water partition coefficient (Wildman–Crippen LogP) is 1.92. The Labute approximate surface area is 111 Å². The SMILES string of the molecule is Cc1ccnc(NC(=O)[C@@H]2C[C@@H]2c2cccnc2)n1. The van der Waals surface area contributed by atoms with Gasteiger partial charge in [0.25, 0.3) is 0 Å². The Bertz CT molecular complexity index is 599. The molecule has 0 saturated heterocycles. The van der Waals surface area contributed by atoms with Gasteiger partial charge < -0.3 is 0 Å². The third-order valence-corrected chi connectivity index (χ3v) is 3.27. The van der Waals surface area contributed by atoms with Crippen LogP contribution in [0.25, 0.3) is 0 Å². The van der Waals surface area contributed by atoms with Crippen molar-refractivity contribution in [3.8, 4) is 0 Å². The van der Waals surface area contributed by atoms with E-state index in [1.807, 2.05) is 25.3 Å². The Hall–Kier alpha value is -2.30. The Morgan fingerprint density at radius 1 is 1.37 bits per heavy atom. The molecule has 5 nitrogen and oxygen atoms in total. The van der Waals surface area contributed by atoms with Crippen molar-refractivity contribution in [1.82, 2.24) is 15.0 Å². The highest BCUT2D eigenvalue weighted by molar-refractivity contribution is 5.93. The Morgan fingerprint density at radius 3 is 3.00 bits per heavy atom. The van der Waals surface area contributed by atoms with Crippen LogP contribution in [-0.2, 0) is 4.79 Å². The number of hydrogen-bond donors (Lipinski definition) is 1. The zero-order chi connectivity index (χ0) is 13.2. The fourth-order valence-electron chi connectivity index (χ4n) is 2.16. The molecule has 1 amide bonds. The van der Waals surface area contributed by atoms with Crippen molar-refractivity contribution in [2.24, 2.45) is 5.92 Å². The smallest absolute Gasteiger partial charge is 0.230 e. The number of hydrogen-bond acceptors (Lipinski definition) is 4. The molecule has 1 saturated carbocycles. The van der Waals surface area contributed by atoms with Crippen molar-refractivity contribution in [2.75, 3.05) is 5.32 Å². The number of rotatable bonds is 3. The van der Waals surface area contributed by atoms with Crippen molar-refractivity contribution in [3.05, 3.63) is 48.0 Å². The summed E-state index contributed by atoms with van der Waals surface area (Å²) in [7, 11) is 0. The lowest BCUT2D eigenvalue weighted by Crippen LogP contribution is -2.16. The first kappa shape index (κ1) is 11.8. The Morgan fingerprint density at radius 2 is 2.26 bits per heavy atom. The lowest BCUT2D eigenvalue weighted by molar-refractivity contribution is -0.117. The standard InChI is InChI=1S/C14H14N4O/c1-9-4-6-16-14(17-9)18-13(19)12-7-11(12)10-3-2-5-15-8-10/h2-6,8,11-12H,7H2,1H3,(H,16,17,18,19)/t11-,12-/m1/s1. The van der Waals surface area contributed by atoms with Crippen molar-refractivity contribution < 1.29 is 4.79 Å². The number of nitrogens with one attached hydrogen (secondary N) is 1. The third kappa shape index (κ3) is 2.59. The summed E-state index contributed by atoms with van der Waals surface area (Å²) in [6.07, 6.45) is 6.06. The van der Waals surface area contributed by atoms with Gasteiger partial charge >= 0.3 is 0 Å². The van der Waals surface area contributed by atoms with E-state index in [-0.39, 0.29) is 17.7 Å². The molecule has 0 radical (unpaired) electrons. The molecule has 5 heteroatoms. The fraction of sp³-hybridized carbons (Fsp3) is 0.286. The second kappa shape index (κ2) is 4.76. The monoisotopic (exact) mass is 254 g/mol. The molecule has 1 aliphatic rings. The molecule has 1 fully saturated rings. The van der Waals surface area contributed by atoms with E-state index in [9.17, 15) is 4.79 Å². The topological polar surface area (TPSA) is 67.8 Å². The van der Waals surface area contributed by atoms with Crippen LogP contribution in [0.2, 0.25) is 0 Å². The summed E-state index contributed by atoms with van der Waals surface area (Å²) in [5, 5.41) is 2.76. The minimum Gasteiger partial charge on any atom is -0.294 e. The van der Waals surface area contributed by atoms with Gasteiger partial charge in [0.15, 0.2) is 0 Å². The molecule has 2 atom stereocenters. The maximum Gasteiger partial charge on any atom is 0.230 e. The van der Waals surface area contributed by atoms with Gasteiger partial charge in [0.05, 0.1) is 0 Å². The predicted molar refractivity (Wildman–Crippen MR) is 70.5 cm³/mol. The summed E-state index contributed by atoms with van der Waals surface area (Å²) < 4.78 is 0. The third-order valence-electron chi connectivity index (χ3n) is 3.27. The number of anilines is 1. The van der Waals surface area contributed by atoms with Gasteiger partial charge in [-0.2, -0.15) is 0 Å². The average Bonchev–Trinajstić information content (AvgIpc) is 3.20. The molecule has 0 aliphatic heterocycles. The van der Waals surface area contributed by atoms with Crippen LogP contribution in [0.4, 0.5) is 5.95 Å². The largest absolute Gasteiger partial charge is 0.294 e. The first-order chi connectivity index (χ1) is 9.24. The van der Waals surface area contributed by atoms with Gasteiger partial charge in [-0.3, -0.25) is 15.1 Å². The van der Waals surface area contributed by atoms with Crippen LogP contribution < -0.4 is 5.32 Å². The van der Waals surface area contributed by atoms with E-state index in [4.69, 9.17) is 0 Å². The molecular formula is C14H14N4O. The van der Waals surface area contributed by atoms with Gasteiger partial charge in [-0.15, -0.1) is 0 Å². The van der Waals surface area contributed by atoms with Gasteiger partial charge in [-0.25, -0.2) is 9.97 Å². The van der Waals surface area contributed by atoms with Gasteiger partial charge in [0, 0.05) is 30.2 Å². The Balaban J connectivity index is 1.64. The molecule has 1 N–H and O–H groups in total. The van der Waals surface area contributed by atoms with Gasteiger partial charge in [0.2, 0.25) is 11.9 Å². The van der Waals surface area contributed by atoms with E-state index in [0.29, 0.717) is 5.95 Å². The van der Waals surface area contributed by atoms with Crippen LogP contribution in [0.5, 0.6) is 0 Å². The number of amides is 1. The van der Waals surface area contributed by atoms with Gasteiger partial charge in [-0.05, 0) is 37.0 Å². The van der Waals surface area contributed by atoms with E-state index in [2.05, 4.69) is 20.3 Å².